The number of rotatable bonds is 8. The van der Waals surface area contributed by atoms with E-state index >= 15 is 0 Å². The Bertz CT molecular complexity index is 1100. The zero-order valence-electron chi connectivity index (χ0n) is 18.3. The first-order valence-electron chi connectivity index (χ1n) is 10.4. The first kappa shape index (κ1) is 21.4. The average molecular weight is 435 g/mol. The molecule has 2 heterocycles. The largest absolute Gasteiger partial charge is 0.497 e. The second kappa shape index (κ2) is 9.55. The highest BCUT2D eigenvalue weighted by Gasteiger charge is 2.25. The maximum Gasteiger partial charge on any atom is 0.345 e. The van der Waals surface area contributed by atoms with Crippen LogP contribution in [-0.2, 0) is 17.8 Å². The third-order valence-electron chi connectivity index (χ3n) is 5.19. The molecule has 0 unspecified atom stereocenters. The van der Waals surface area contributed by atoms with Gasteiger partial charge in [0.2, 0.25) is 11.8 Å². The topological polar surface area (TPSA) is 83.0 Å². The number of carbonyl (C=O) groups is 1. The molecule has 0 saturated carbocycles. The number of aromatic nitrogens is 2. The quantitative estimate of drug-likeness (QED) is 0.492. The zero-order valence-corrected chi connectivity index (χ0v) is 18.3. The van der Waals surface area contributed by atoms with Gasteiger partial charge in [0.05, 0.1) is 27.0 Å². The van der Waals surface area contributed by atoms with Crippen LogP contribution in [0.25, 0.3) is 0 Å². The van der Waals surface area contributed by atoms with Crippen LogP contribution in [0, 0.1) is 0 Å². The van der Waals surface area contributed by atoms with Crippen molar-refractivity contribution in [1.29, 1.82) is 0 Å². The Morgan fingerprint density at radius 3 is 2.53 bits per heavy atom. The van der Waals surface area contributed by atoms with E-state index in [1.807, 2.05) is 47.4 Å². The van der Waals surface area contributed by atoms with E-state index in [9.17, 15) is 4.79 Å². The van der Waals surface area contributed by atoms with Crippen molar-refractivity contribution in [3.05, 3.63) is 65.4 Å². The van der Waals surface area contributed by atoms with Crippen molar-refractivity contribution >= 4 is 17.6 Å². The number of anilines is 2. The van der Waals surface area contributed by atoms with Crippen molar-refractivity contribution in [2.24, 2.45) is 0 Å². The fraction of sp³-hybridized carbons (Fsp3) is 0.292. The maximum absolute atomic E-state index is 12.4. The molecule has 1 aliphatic heterocycles. The second-order valence-electron chi connectivity index (χ2n) is 7.14. The van der Waals surface area contributed by atoms with Gasteiger partial charge < -0.3 is 23.8 Å². The summed E-state index contributed by atoms with van der Waals surface area (Å²) < 4.78 is 21.6. The standard InChI is InChI=1S/C24H25N3O5/c1-4-31-23(28)20-14-25-24(27-12-11-17-13-19(30-3)9-10-21(17)27)26-22(20)32-15-16-5-7-18(29-2)8-6-16/h5-10,13-14H,4,11-12,15H2,1-3H3. The lowest BCUT2D eigenvalue weighted by Crippen LogP contribution is -2.18. The van der Waals surface area contributed by atoms with Gasteiger partial charge in [-0.05, 0) is 54.8 Å². The molecular weight excluding hydrogens is 410 g/mol. The lowest BCUT2D eigenvalue weighted by molar-refractivity contribution is 0.0519. The van der Waals surface area contributed by atoms with E-state index in [4.69, 9.17) is 18.9 Å². The summed E-state index contributed by atoms with van der Waals surface area (Å²) in [5.41, 5.74) is 3.27. The number of hydrogen-bond donors (Lipinski definition) is 0. The van der Waals surface area contributed by atoms with Crippen molar-refractivity contribution < 1.29 is 23.7 Å². The lowest BCUT2D eigenvalue weighted by Gasteiger charge is -2.19. The molecular formula is C24H25N3O5. The van der Waals surface area contributed by atoms with Crippen molar-refractivity contribution in [2.45, 2.75) is 20.0 Å². The van der Waals surface area contributed by atoms with E-state index in [1.165, 1.54) is 6.20 Å². The van der Waals surface area contributed by atoms with Crippen molar-refractivity contribution in [1.82, 2.24) is 9.97 Å². The minimum absolute atomic E-state index is 0.186. The smallest absolute Gasteiger partial charge is 0.345 e. The molecule has 0 fully saturated rings. The molecule has 166 valence electrons. The number of carbonyl (C=O) groups excluding carboxylic acids is 1. The molecule has 0 amide bonds. The van der Waals surface area contributed by atoms with E-state index in [-0.39, 0.29) is 24.7 Å². The number of methoxy groups -OCH3 is 2. The van der Waals surface area contributed by atoms with E-state index in [0.29, 0.717) is 5.95 Å². The predicted molar refractivity (Wildman–Crippen MR) is 119 cm³/mol. The van der Waals surface area contributed by atoms with E-state index in [2.05, 4.69) is 9.97 Å². The summed E-state index contributed by atoms with van der Waals surface area (Å²) in [6.07, 6.45) is 2.31. The SMILES string of the molecule is CCOC(=O)c1cnc(N2CCc3cc(OC)ccc32)nc1OCc1ccc(OC)cc1. The third kappa shape index (κ3) is 4.44. The van der Waals surface area contributed by atoms with Gasteiger partial charge in [-0.15, -0.1) is 0 Å². The zero-order chi connectivity index (χ0) is 22.5. The fourth-order valence-corrected chi connectivity index (χ4v) is 3.53. The average Bonchev–Trinajstić information content (AvgIpc) is 3.26. The molecule has 32 heavy (non-hydrogen) atoms. The van der Waals surface area contributed by atoms with E-state index < -0.39 is 5.97 Å². The maximum atomic E-state index is 12.4. The van der Waals surface area contributed by atoms with Crippen LogP contribution < -0.4 is 19.1 Å². The van der Waals surface area contributed by atoms with E-state index in [0.717, 1.165) is 41.3 Å². The first-order valence-corrected chi connectivity index (χ1v) is 10.4. The van der Waals surface area contributed by atoms with Gasteiger partial charge in [-0.3, -0.25) is 0 Å². The molecule has 8 heteroatoms. The van der Waals surface area contributed by atoms with Crippen LogP contribution in [0.1, 0.15) is 28.4 Å². The highest BCUT2D eigenvalue weighted by atomic mass is 16.5. The summed E-state index contributed by atoms with van der Waals surface area (Å²) in [4.78, 5) is 23.5. The molecule has 0 saturated heterocycles. The lowest BCUT2D eigenvalue weighted by atomic mass is 10.1. The molecule has 0 radical (unpaired) electrons. The molecule has 3 aromatic rings. The molecule has 2 aromatic carbocycles. The Balaban J connectivity index is 1.62. The number of ether oxygens (including phenoxy) is 4. The fourth-order valence-electron chi connectivity index (χ4n) is 3.53. The monoisotopic (exact) mass is 435 g/mol. The Morgan fingerprint density at radius 2 is 1.81 bits per heavy atom. The summed E-state index contributed by atoms with van der Waals surface area (Å²) in [6, 6.07) is 13.4. The van der Waals surface area contributed by atoms with Gasteiger partial charge in [0.25, 0.3) is 0 Å². The molecule has 1 aliphatic rings. The predicted octanol–water partition coefficient (Wildman–Crippen LogP) is 3.94. The molecule has 1 aromatic heterocycles. The molecule has 8 nitrogen and oxygen atoms in total. The summed E-state index contributed by atoms with van der Waals surface area (Å²) in [7, 11) is 3.27. The van der Waals surface area contributed by atoms with Gasteiger partial charge in [-0.25, -0.2) is 9.78 Å². The molecule has 0 atom stereocenters. The number of hydrogen-bond acceptors (Lipinski definition) is 8. The summed E-state index contributed by atoms with van der Waals surface area (Å²) in [5.74, 6) is 1.70. The van der Waals surface area contributed by atoms with Crippen LogP contribution in [0.2, 0.25) is 0 Å². The minimum atomic E-state index is -0.518. The van der Waals surface area contributed by atoms with E-state index in [1.54, 1.807) is 21.1 Å². The Morgan fingerprint density at radius 1 is 1.06 bits per heavy atom. The van der Waals surface area contributed by atoms with Gasteiger partial charge in [0.1, 0.15) is 23.7 Å². The molecule has 0 bridgehead atoms. The van der Waals surface area contributed by atoms with Crippen LogP contribution in [0.15, 0.2) is 48.7 Å². The third-order valence-corrected chi connectivity index (χ3v) is 5.19. The number of esters is 1. The van der Waals surface area contributed by atoms with Gasteiger partial charge in [-0.2, -0.15) is 4.98 Å². The first-order chi connectivity index (χ1) is 15.6. The van der Waals surface area contributed by atoms with Crippen LogP contribution in [0.4, 0.5) is 11.6 Å². The summed E-state index contributed by atoms with van der Waals surface area (Å²) in [5, 5.41) is 0. The summed E-state index contributed by atoms with van der Waals surface area (Å²) in [6.45, 7) is 2.96. The Labute approximate surface area is 186 Å². The van der Waals surface area contributed by atoms with Gasteiger partial charge in [0.15, 0.2) is 0 Å². The van der Waals surface area contributed by atoms with Crippen molar-refractivity contribution in [2.75, 3.05) is 32.3 Å². The molecule has 0 N–H and O–H groups in total. The van der Waals surface area contributed by atoms with Gasteiger partial charge >= 0.3 is 5.97 Å². The van der Waals surface area contributed by atoms with Gasteiger partial charge in [0, 0.05) is 12.2 Å². The number of nitrogens with zero attached hydrogens (tertiary/aromatic N) is 3. The van der Waals surface area contributed by atoms with Crippen LogP contribution >= 0.6 is 0 Å². The molecule has 0 aliphatic carbocycles. The normalized spacial score (nSPS) is 12.3. The Kier molecular flexibility index (Phi) is 6.39. The minimum Gasteiger partial charge on any atom is -0.497 e. The summed E-state index contributed by atoms with van der Waals surface area (Å²) >= 11 is 0. The number of fused-ring (bicyclic) bond motifs is 1. The van der Waals surface area contributed by atoms with Crippen molar-refractivity contribution in [3.8, 4) is 17.4 Å². The van der Waals surface area contributed by atoms with Crippen LogP contribution in [-0.4, -0.2) is 43.3 Å². The van der Waals surface area contributed by atoms with Crippen molar-refractivity contribution in [3.63, 3.8) is 0 Å². The van der Waals surface area contributed by atoms with Crippen LogP contribution in [0.3, 0.4) is 0 Å². The second-order valence-corrected chi connectivity index (χ2v) is 7.14. The highest BCUT2D eigenvalue weighted by molar-refractivity contribution is 5.91. The molecule has 0 spiro atoms. The van der Waals surface area contributed by atoms with Gasteiger partial charge in [-0.1, -0.05) is 12.1 Å². The molecule has 4 rings (SSSR count). The van der Waals surface area contributed by atoms with Crippen LogP contribution in [0.5, 0.6) is 17.4 Å². The number of benzene rings is 2. The Hall–Kier alpha value is -3.81. The highest BCUT2D eigenvalue weighted by Crippen LogP contribution is 2.36.